The van der Waals surface area contributed by atoms with Gasteiger partial charge in [-0.25, -0.2) is 4.57 Å². The van der Waals surface area contributed by atoms with E-state index in [9.17, 15) is 19.0 Å². The Labute approximate surface area is 508 Å². The fourth-order valence-corrected chi connectivity index (χ4v) is 10.9. The van der Waals surface area contributed by atoms with E-state index in [0.29, 0.717) is 17.4 Å². The van der Waals surface area contributed by atoms with Gasteiger partial charge in [0.1, 0.15) is 19.8 Å². The molecule has 0 aromatic rings. The quantitative estimate of drug-likeness (QED) is 0.0211. The molecule has 82 heavy (non-hydrogen) atoms. The molecule has 0 radical (unpaired) electrons. The van der Waals surface area contributed by atoms with Crippen LogP contribution in [0.4, 0.5) is 0 Å². The second-order valence-corrected chi connectivity index (χ2v) is 26.4. The average molecular weight is 1170 g/mol. The van der Waals surface area contributed by atoms with Gasteiger partial charge >= 0.3 is 19.8 Å². The highest BCUT2D eigenvalue weighted by Gasteiger charge is 2.27. The number of hydrogen-bond donors (Lipinski definition) is 1. The van der Waals surface area contributed by atoms with E-state index >= 15 is 0 Å². The number of phosphoric acid groups is 1. The molecule has 0 aliphatic carbocycles. The molecule has 2 atom stereocenters. The highest BCUT2D eigenvalue weighted by Crippen LogP contribution is 2.43. The van der Waals surface area contributed by atoms with Crippen molar-refractivity contribution in [1.82, 2.24) is 0 Å². The van der Waals surface area contributed by atoms with Gasteiger partial charge in [-0.05, 0) is 83.5 Å². The molecule has 9 nitrogen and oxygen atoms in total. The molecule has 0 saturated heterocycles. The number of allylic oxidation sites excluding steroid dienone is 10. The minimum absolute atomic E-state index is 0.0311. The van der Waals surface area contributed by atoms with Crippen LogP contribution in [-0.2, 0) is 32.7 Å². The number of esters is 2. The maximum atomic E-state index is 12.9. The number of rotatable bonds is 65. The molecule has 0 fully saturated rings. The standard InChI is InChI=1S/C72H134NO8P/c1-6-8-10-12-14-16-18-20-22-24-25-26-27-28-29-30-31-32-33-34-35-36-37-38-39-40-41-42-43-44-45-46-47-49-51-53-55-57-59-61-63-65-72(75)81-70(69-80-82(76,77)79-67-66-73(3,4)5)68-78-71(74)64-62-60-58-56-54-52-50-48-23-21-19-17-15-13-11-9-7-2/h15,17-18,20-21,23-25,27-28,70H,6-14,16,19,22,26,29-69H2,1-5H3/p+1/b17-15-,20-18-,23-21-,25-24-,28-27-. The first-order valence-corrected chi connectivity index (χ1v) is 36.5. The first-order chi connectivity index (χ1) is 40.0. The Hall–Kier alpha value is -2.29. The smallest absolute Gasteiger partial charge is 0.462 e. The number of nitrogens with zero attached hydrogens (tertiary/aromatic N) is 1. The Morgan fingerprint density at radius 1 is 0.378 bits per heavy atom. The Kier molecular flexibility index (Phi) is 61.5. The molecule has 0 bridgehead atoms. The summed E-state index contributed by atoms with van der Waals surface area (Å²) in [5.74, 6) is -0.793. The minimum Gasteiger partial charge on any atom is -0.462 e. The zero-order chi connectivity index (χ0) is 59.8. The van der Waals surface area contributed by atoms with Gasteiger partial charge in [0.05, 0.1) is 27.7 Å². The Morgan fingerprint density at radius 2 is 0.659 bits per heavy atom. The Morgan fingerprint density at radius 3 is 1.00 bits per heavy atom. The summed E-state index contributed by atoms with van der Waals surface area (Å²) in [6.07, 6.45) is 83.4. The van der Waals surface area contributed by atoms with Crippen molar-refractivity contribution in [3.63, 3.8) is 0 Å². The molecule has 0 spiro atoms. The van der Waals surface area contributed by atoms with Crippen molar-refractivity contribution in [3.05, 3.63) is 60.8 Å². The molecule has 0 aromatic heterocycles. The van der Waals surface area contributed by atoms with Crippen LogP contribution in [0, 0.1) is 0 Å². The largest absolute Gasteiger partial charge is 0.472 e. The van der Waals surface area contributed by atoms with Gasteiger partial charge in [0.25, 0.3) is 0 Å². The van der Waals surface area contributed by atoms with E-state index in [-0.39, 0.29) is 32.0 Å². The van der Waals surface area contributed by atoms with Crippen molar-refractivity contribution in [1.29, 1.82) is 0 Å². The van der Waals surface area contributed by atoms with Crippen LogP contribution in [0.2, 0.25) is 0 Å². The predicted molar refractivity (Wildman–Crippen MR) is 353 cm³/mol. The topological polar surface area (TPSA) is 108 Å². The van der Waals surface area contributed by atoms with Gasteiger partial charge in [-0.15, -0.1) is 0 Å². The van der Waals surface area contributed by atoms with Gasteiger partial charge in [0, 0.05) is 12.8 Å². The van der Waals surface area contributed by atoms with Crippen molar-refractivity contribution < 1.29 is 42.1 Å². The van der Waals surface area contributed by atoms with Crippen molar-refractivity contribution in [2.75, 3.05) is 47.5 Å². The summed E-state index contributed by atoms with van der Waals surface area (Å²) in [5.41, 5.74) is 0. The molecular weight excluding hydrogens is 1040 g/mol. The van der Waals surface area contributed by atoms with Crippen LogP contribution < -0.4 is 0 Å². The molecule has 2 unspecified atom stereocenters. The van der Waals surface area contributed by atoms with E-state index in [4.69, 9.17) is 18.5 Å². The maximum Gasteiger partial charge on any atom is 0.472 e. The lowest BCUT2D eigenvalue weighted by Crippen LogP contribution is -2.37. The van der Waals surface area contributed by atoms with Crippen LogP contribution in [-0.4, -0.2) is 74.9 Å². The van der Waals surface area contributed by atoms with Gasteiger partial charge in [0.2, 0.25) is 0 Å². The third-order valence-electron chi connectivity index (χ3n) is 15.5. The molecule has 0 aliphatic rings. The van der Waals surface area contributed by atoms with E-state index in [1.54, 1.807) is 0 Å². The summed E-state index contributed by atoms with van der Waals surface area (Å²) in [6, 6.07) is 0. The highest BCUT2D eigenvalue weighted by molar-refractivity contribution is 7.47. The van der Waals surface area contributed by atoms with E-state index in [0.717, 1.165) is 64.2 Å². The van der Waals surface area contributed by atoms with Gasteiger partial charge in [-0.2, -0.15) is 0 Å². The second kappa shape index (κ2) is 63.2. The van der Waals surface area contributed by atoms with Crippen LogP contribution >= 0.6 is 7.82 Å². The number of quaternary nitrogens is 1. The van der Waals surface area contributed by atoms with Gasteiger partial charge in [0.15, 0.2) is 6.10 Å². The third-order valence-corrected chi connectivity index (χ3v) is 16.5. The maximum absolute atomic E-state index is 12.9. The first kappa shape index (κ1) is 79.7. The Balaban J connectivity index is 3.89. The third kappa shape index (κ3) is 66.8. The molecule has 0 heterocycles. The highest BCUT2D eigenvalue weighted by atomic mass is 31.2. The molecule has 0 saturated carbocycles. The van der Waals surface area contributed by atoms with E-state index in [1.807, 2.05) is 21.1 Å². The SMILES string of the molecule is CCCCC/C=C\C/C=C\CCCCCCCCCC(=O)OCC(COP(=O)(O)OCC[N+](C)(C)C)OC(=O)CCCCCCCCCCCCCCCCCCCCCCCCCCCC/C=C\C/C=C\C/C=C\CCCCCCC. The van der Waals surface area contributed by atoms with E-state index < -0.39 is 26.5 Å². The molecule has 1 N–H and O–H groups in total. The predicted octanol–water partition coefficient (Wildman–Crippen LogP) is 22.6. The van der Waals surface area contributed by atoms with Crippen molar-refractivity contribution in [3.8, 4) is 0 Å². The summed E-state index contributed by atoms with van der Waals surface area (Å²) in [5, 5.41) is 0. The number of ether oxygens (including phenoxy) is 2. The lowest BCUT2D eigenvalue weighted by atomic mass is 10.0. The van der Waals surface area contributed by atoms with Gasteiger partial charge in [-0.3, -0.25) is 18.6 Å². The summed E-state index contributed by atoms with van der Waals surface area (Å²) >= 11 is 0. The summed E-state index contributed by atoms with van der Waals surface area (Å²) in [6.45, 7) is 4.43. The summed E-state index contributed by atoms with van der Waals surface area (Å²) in [7, 11) is 1.48. The number of hydrogen-bond acceptors (Lipinski definition) is 7. The van der Waals surface area contributed by atoms with Crippen LogP contribution in [0.15, 0.2) is 60.8 Å². The minimum atomic E-state index is -4.39. The van der Waals surface area contributed by atoms with Crippen molar-refractivity contribution >= 4 is 19.8 Å². The number of phosphoric ester groups is 1. The van der Waals surface area contributed by atoms with E-state index in [2.05, 4.69) is 74.6 Å². The number of carbonyl (C=O) groups excluding carboxylic acids is 2. The molecule has 0 aliphatic heterocycles. The first-order valence-electron chi connectivity index (χ1n) is 35.0. The van der Waals surface area contributed by atoms with Gasteiger partial charge in [-0.1, -0.05) is 299 Å². The number of unbranched alkanes of at least 4 members (excludes halogenated alkanes) is 41. The zero-order valence-electron chi connectivity index (χ0n) is 54.7. The lowest BCUT2D eigenvalue weighted by Gasteiger charge is -2.24. The van der Waals surface area contributed by atoms with Crippen molar-refractivity contribution in [2.24, 2.45) is 0 Å². The normalized spacial score (nSPS) is 13.5. The molecule has 0 amide bonds. The van der Waals surface area contributed by atoms with Crippen LogP contribution in [0.1, 0.15) is 335 Å². The van der Waals surface area contributed by atoms with Crippen molar-refractivity contribution in [2.45, 2.75) is 341 Å². The molecule has 0 aromatic carbocycles. The van der Waals surface area contributed by atoms with Gasteiger partial charge < -0.3 is 18.9 Å². The Bertz CT molecular complexity index is 1570. The fraction of sp³-hybridized carbons (Fsp3) is 0.833. The van der Waals surface area contributed by atoms with Crippen LogP contribution in [0.3, 0.4) is 0 Å². The molecule has 0 rings (SSSR count). The van der Waals surface area contributed by atoms with Crippen LogP contribution in [0.25, 0.3) is 0 Å². The molecular formula is C72H135NO8P+. The number of likely N-dealkylation sites (N-methyl/N-ethyl adjacent to an activating group) is 1. The zero-order valence-corrected chi connectivity index (χ0v) is 55.6. The summed E-state index contributed by atoms with van der Waals surface area (Å²) in [4.78, 5) is 35.8. The van der Waals surface area contributed by atoms with E-state index in [1.165, 1.54) is 238 Å². The molecule has 480 valence electrons. The van der Waals surface area contributed by atoms with Crippen LogP contribution in [0.5, 0.6) is 0 Å². The monoisotopic (exact) mass is 1170 g/mol. The molecule has 10 heteroatoms. The fourth-order valence-electron chi connectivity index (χ4n) is 10.1. The average Bonchev–Trinajstić information content (AvgIpc) is 3.44. The second-order valence-electron chi connectivity index (χ2n) is 24.9. The number of carbonyl (C=O) groups is 2. The summed E-state index contributed by atoms with van der Waals surface area (Å²) < 4.78 is 34.6. The lowest BCUT2D eigenvalue weighted by molar-refractivity contribution is -0.870.